The van der Waals surface area contributed by atoms with Crippen molar-refractivity contribution in [3.05, 3.63) is 39.9 Å². The summed E-state index contributed by atoms with van der Waals surface area (Å²) in [5.74, 6) is 0.134. The van der Waals surface area contributed by atoms with E-state index in [1.54, 1.807) is 24.0 Å². The molecular weight excluding hydrogens is 562 g/mol. The Morgan fingerprint density at radius 3 is 2.79 bits per heavy atom. The van der Waals surface area contributed by atoms with Gasteiger partial charge in [0.2, 0.25) is 11.8 Å². The van der Waals surface area contributed by atoms with Crippen LogP contribution < -0.4 is 4.74 Å². The van der Waals surface area contributed by atoms with Crippen LogP contribution in [0.15, 0.2) is 12.1 Å². The van der Waals surface area contributed by atoms with Crippen LogP contribution in [0.5, 0.6) is 5.75 Å². The van der Waals surface area contributed by atoms with Crippen molar-refractivity contribution in [2.75, 3.05) is 19.7 Å². The molecule has 2 aromatic rings. The number of carbonyl (C=O) groups excluding carboxylic acids is 2. The lowest BCUT2D eigenvalue weighted by atomic mass is 9.66. The van der Waals surface area contributed by atoms with Gasteiger partial charge in [0, 0.05) is 36.6 Å². The summed E-state index contributed by atoms with van der Waals surface area (Å²) in [4.78, 5) is 44.1. The second kappa shape index (κ2) is 10.2. The van der Waals surface area contributed by atoms with Gasteiger partial charge in [-0.1, -0.05) is 24.4 Å². The van der Waals surface area contributed by atoms with Crippen molar-refractivity contribution in [3.8, 4) is 5.75 Å². The summed E-state index contributed by atoms with van der Waals surface area (Å²) < 4.78 is 13.9. The molecule has 2 aliphatic carbocycles. The number of carboxylic acids is 1. The van der Waals surface area contributed by atoms with Crippen LogP contribution in [0, 0.1) is 16.7 Å². The lowest BCUT2D eigenvalue weighted by molar-refractivity contribution is -0.165. The molecule has 7 rings (SSSR count). The molecule has 0 bridgehead atoms. The largest absolute Gasteiger partial charge is 0.485 e. The summed E-state index contributed by atoms with van der Waals surface area (Å²) >= 11 is 6.77. The second-order valence-corrected chi connectivity index (χ2v) is 13.2. The minimum Gasteiger partial charge on any atom is -0.485 e. The van der Waals surface area contributed by atoms with Gasteiger partial charge in [-0.3, -0.25) is 14.4 Å². The molecule has 1 aromatic heterocycles. The van der Waals surface area contributed by atoms with E-state index < -0.39 is 23.5 Å². The fourth-order valence-corrected chi connectivity index (χ4v) is 7.76. The monoisotopic (exact) mass is 597 g/mol. The van der Waals surface area contributed by atoms with Gasteiger partial charge in [-0.25, -0.2) is 0 Å². The smallest absolute Gasteiger partial charge is 0.310 e. The van der Waals surface area contributed by atoms with Crippen molar-refractivity contribution in [2.45, 2.75) is 84.2 Å². The van der Waals surface area contributed by atoms with E-state index in [0.717, 1.165) is 37.1 Å². The number of aromatic nitrogens is 3. The van der Waals surface area contributed by atoms with E-state index in [4.69, 9.17) is 21.1 Å². The third-order valence-corrected chi connectivity index (χ3v) is 10.6. The molecule has 1 saturated heterocycles. The van der Waals surface area contributed by atoms with Crippen LogP contribution in [-0.4, -0.2) is 67.2 Å². The van der Waals surface area contributed by atoms with E-state index in [1.807, 2.05) is 9.47 Å². The van der Waals surface area contributed by atoms with Crippen molar-refractivity contribution in [1.29, 1.82) is 0 Å². The van der Waals surface area contributed by atoms with Crippen molar-refractivity contribution in [2.24, 2.45) is 16.7 Å². The minimum absolute atomic E-state index is 0.00485. The highest BCUT2D eigenvalue weighted by atomic mass is 35.5. The molecule has 1 N–H and O–H groups in total. The summed E-state index contributed by atoms with van der Waals surface area (Å²) in [6.07, 6.45) is 4.74. The van der Waals surface area contributed by atoms with Crippen molar-refractivity contribution in [1.82, 2.24) is 24.6 Å². The topological polar surface area (TPSA) is 127 Å². The molecule has 12 heteroatoms. The molecule has 4 heterocycles. The number of aliphatic carboxylic acids is 1. The van der Waals surface area contributed by atoms with E-state index in [9.17, 15) is 19.5 Å². The molecule has 11 nitrogen and oxygen atoms in total. The van der Waals surface area contributed by atoms with Gasteiger partial charge in [0.1, 0.15) is 25.1 Å². The molecule has 2 unspecified atom stereocenters. The van der Waals surface area contributed by atoms with Crippen LogP contribution >= 0.6 is 11.6 Å². The van der Waals surface area contributed by atoms with Crippen molar-refractivity contribution >= 4 is 29.4 Å². The number of carbonyl (C=O) groups is 3. The number of carboxylic acid groups (broad SMARTS) is 1. The third kappa shape index (κ3) is 4.47. The molecule has 1 aromatic carbocycles. The van der Waals surface area contributed by atoms with E-state index >= 15 is 0 Å². The zero-order valence-electron chi connectivity index (χ0n) is 23.8. The molecule has 2 saturated carbocycles. The normalized spacial score (nSPS) is 28.0. The van der Waals surface area contributed by atoms with E-state index in [2.05, 4.69) is 10.2 Å². The molecule has 42 heavy (non-hydrogen) atoms. The first-order valence-electron chi connectivity index (χ1n) is 15.0. The fourth-order valence-electron chi connectivity index (χ4n) is 7.50. The molecule has 3 aliphatic heterocycles. The maximum atomic E-state index is 14.5. The van der Waals surface area contributed by atoms with Gasteiger partial charge >= 0.3 is 5.97 Å². The summed E-state index contributed by atoms with van der Waals surface area (Å²) in [6.45, 7) is 4.36. The predicted molar refractivity (Wildman–Crippen MR) is 149 cm³/mol. The van der Waals surface area contributed by atoms with Crippen LogP contribution in [-0.2, 0) is 45.3 Å². The Kier molecular flexibility index (Phi) is 6.73. The Morgan fingerprint density at radius 2 is 2.02 bits per heavy atom. The quantitative estimate of drug-likeness (QED) is 0.534. The number of fused-ring (bicyclic) bond motifs is 2. The number of halogens is 1. The Hall–Kier alpha value is -3.18. The van der Waals surface area contributed by atoms with Gasteiger partial charge in [-0.05, 0) is 62.1 Å². The molecule has 224 valence electrons. The number of likely N-dealkylation sites (tertiary alicyclic amines) is 1. The Balaban J connectivity index is 1.28. The maximum Gasteiger partial charge on any atom is 0.310 e. The third-order valence-electron chi connectivity index (χ3n) is 10.2. The van der Waals surface area contributed by atoms with Crippen LogP contribution in [0.4, 0.5) is 0 Å². The van der Waals surface area contributed by atoms with Gasteiger partial charge in [0.25, 0.3) is 0 Å². The van der Waals surface area contributed by atoms with Crippen LogP contribution in [0.1, 0.15) is 80.8 Å². The number of amides is 2. The van der Waals surface area contributed by atoms with Gasteiger partial charge in [-0.2, -0.15) is 0 Å². The van der Waals surface area contributed by atoms with Crippen molar-refractivity contribution < 1.29 is 29.0 Å². The highest BCUT2D eigenvalue weighted by molar-refractivity contribution is 6.31. The first-order chi connectivity index (χ1) is 20.2. The number of hydrogen-bond donors (Lipinski definition) is 1. The van der Waals surface area contributed by atoms with E-state index in [1.165, 1.54) is 0 Å². The number of hydrogen-bond acceptors (Lipinski definition) is 7. The average molecular weight is 598 g/mol. The summed E-state index contributed by atoms with van der Waals surface area (Å²) in [5.41, 5.74) is 0.375. The Morgan fingerprint density at radius 1 is 1.19 bits per heavy atom. The second-order valence-electron chi connectivity index (χ2n) is 12.8. The lowest BCUT2D eigenvalue weighted by Gasteiger charge is -2.47. The van der Waals surface area contributed by atoms with E-state index in [-0.39, 0.29) is 23.8 Å². The number of rotatable bonds is 6. The fraction of sp³-hybridized carbons (Fsp3) is 0.633. The Labute approximate surface area is 249 Å². The van der Waals surface area contributed by atoms with E-state index in [0.29, 0.717) is 80.7 Å². The molecule has 3 fully saturated rings. The Bertz CT molecular complexity index is 1460. The minimum atomic E-state index is -1.16. The van der Waals surface area contributed by atoms with Gasteiger partial charge in [0.05, 0.1) is 17.9 Å². The van der Waals surface area contributed by atoms with Crippen LogP contribution in [0.25, 0.3) is 0 Å². The first kappa shape index (κ1) is 27.6. The number of nitrogens with zero attached hydrogens (tertiary/aromatic N) is 5. The highest BCUT2D eigenvalue weighted by Crippen LogP contribution is 2.56. The molecule has 5 aliphatic rings. The summed E-state index contributed by atoms with van der Waals surface area (Å²) in [6, 6.07) is 3.60. The zero-order chi connectivity index (χ0) is 29.2. The maximum absolute atomic E-state index is 14.5. The molecule has 0 radical (unpaired) electrons. The molecular formula is C30H36ClN5O6. The number of ether oxygens (including phenoxy) is 2. The molecule has 1 spiro atoms. The average Bonchev–Trinajstić information content (AvgIpc) is 3.48. The lowest BCUT2D eigenvalue weighted by Crippen LogP contribution is -2.54. The predicted octanol–water partition coefficient (Wildman–Crippen LogP) is 3.72. The highest BCUT2D eigenvalue weighted by Gasteiger charge is 2.56. The zero-order valence-corrected chi connectivity index (χ0v) is 24.6. The van der Waals surface area contributed by atoms with Crippen molar-refractivity contribution in [3.63, 3.8) is 0 Å². The van der Waals surface area contributed by atoms with Crippen LogP contribution in [0.2, 0.25) is 5.02 Å². The van der Waals surface area contributed by atoms with Gasteiger partial charge in [0.15, 0.2) is 11.6 Å². The first-order valence-corrected chi connectivity index (χ1v) is 15.3. The standard InChI is InChI=1S/C30H36ClN5O6/c1-29(28(39)40)8-3-2-4-19(29)27(38)35-11-7-18-20(31)5-6-21(42-16-23-33-32-22-15-41-13-12-34(22)23)25(18)26(35)36-17-30(9-10-30)14-24(36)37/h5-6,19,26H,2-4,7-17H2,1H3,(H,39,40)/t19?,26?,29-/m0/s1. The SMILES string of the molecule is C[C@]1(C(=O)O)CCCCC1C(=O)N1CCc2c(Cl)ccc(OCc3nnc4n3CCOC4)c2C1N1CC2(CC2)CC1=O. The number of benzene rings is 1. The van der Waals surface area contributed by atoms with Crippen LogP contribution in [0.3, 0.4) is 0 Å². The van der Waals surface area contributed by atoms with Gasteiger partial charge in [-0.15, -0.1) is 10.2 Å². The molecule has 2 amide bonds. The summed E-state index contributed by atoms with van der Waals surface area (Å²) in [7, 11) is 0. The summed E-state index contributed by atoms with van der Waals surface area (Å²) in [5, 5.41) is 19.3. The molecule has 3 atom stereocenters. The van der Waals surface area contributed by atoms with Gasteiger partial charge < -0.3 is 28.9 Å².